The van der Waals surface area contributed by atoms with E-state index in [0.29, 0.717) is 10.2 Å². The first-order valence-electron chi connectivity index (χ1n) is 16.8. The third-order valence-electron chi connectivity index (χ3n) is 10.0. The van der Waals surface area contributed by atoms with Crippen LogP contribution in [0.15, 0.2) is 66.2 Å². The summed E-state index contributed by atoms with van der Waals surface area (Å²) in [7, 11) is 0. The minimum absolute atomic E-state index is 0.000201. The van der Waals surface area contributed by atoms with Crippen LogP contribution in [0.5, 0.6) is 0 Å². The quantitative estimate of drug-likeness (QED) is 0.100. The Morgan fingerprint density at radius 3 is 2.23 bits per heavy atom. The second kappa shape index (κ2) is 14.7. The lowest BCUT2D eigenvalue weighted by Gasteiger charge is -2.37. The first-order chi connectivity index (χ1) is 26.2. The Hall–Kier alpha value is -5.14. The third-order valence-corrected chi connectivity index (χ3v) is 10.4. The minimum Gasteiger partial charge on any atom is -0.463 e. The molecule has 0 radical (unpaired) electrons. The molecule has 1 fully saturated rings. The second-order valence-corrected chi connectivity index (χ2v) is 14.6. The number of amides is 1. The lowest BCUT2D eigenvalue weighted by molar-refractivity contribution is -0.218. The number of aromatic nitrogens is 5. The number of hydrogen-bond acceptors (Lipinski definition) is 8. The summed E-state index contributed by atoms with van der Waals surface area (Å²) >= 11 is 6.38. The largest absolute Gasteiger partial charge is 0.463 e. The molecule has 1 saturated carbocycles. The van der Waals surface area contributed by atoms with Gasteiger partial charge in [0.15, 0.2) is 17.3 Å². The molecule has 3 heterocycles. The zero-order valence-electron chi connectivity index (χ0n) is 29.3. The number of aliphatic imine (C=N–C) groups is 1. The molecular weight excluding hydrogens is 787 g/mol. The number of esters is 1. The van der Waals surface area contributed by atoms with Crippen LogP contribution in [-0.4, -0.2) is 66.5 Å². The van der Waals surface area contributed by atoms with Crippen LogP contribution in [0, 0.1) is 10.8 Å². The van der Waals surface area contributed by atoms with E-state index in [1.54, 1.807) is 0 Å². The van der Waals surface area contributed by atoms with Gasteiger partial charge < -0.3 is 10.5 Å². The number of carbonyl (C=O) groups is 2. The minimum atomic E-state index is -4.88. The van der Waals surface area contributed by atoms with Crippen LogP contribution in [0.1, 0.15) is 69.8 Å². The fourth-order valence-corrected chi connectivity index (χ4v) is 6.75. The Labute approximate surface area is 317 Å². The highest BCUT2D eigenvalue weighted by atomic mass is 35.5. The Kier molecular flexibility index (Phi) is 10.7. The lowest BCUT2D eigenvalue weighted by Crippen LogP contribution is -2.49. The van der Waals surface area contributed by atoms with E-state index in [4.69, 9.17) is 22.1 Å². The maximum absolute atomic E-state index is 14.9. The summed E-state index contributed by atoms with van der Waals surface area (Å²) in [6, 6.07) is 7.52. The van der Waals surface area contributed by atoms with Crippen molar-refractivity contribution in [1.82, 2.24) is 29.4 Å². The van der Waals surface area contributed by atoms with Gasteiger partial charge >= 0.3 is 25.2 Å². The number of guanidine groups is 1. The zero-order valence-corrected chi connectivity index (χ0v) is 30.1. The van der Waals surface area contributed by atoms with Gasteiger partial charge in [0, 0.05) is 22.7 Å². The van der Waals surface area contributed by atoms with Crippen molar-refractivity contribution < 1.29 is 53.8 Å². The average molecular weight is 819 g/mol. The molecule has 2 aromatic heterocycles. The van der Waals surface area contributed by atoms with Crippen molar-refractivity contribution in [3.63, 3.8) is 0 Å². The van der Waals surface area contributed by atoms with Crippen LogP contribution in [0.4, 0.5) is 39.5 Å². The summed E-state index contributed by atoms with van der Waals surface area (Å²) in [6.07, 6.45) is -6.25. The van der Waals surface area contributed by atoms with E-state index < -0.39 is 91.2 Å². The van der Waals surface area contributed by atoms with Crippen molar-refractivity contribution in [2.75, 3.05) is 6.61 Å². The molecule has 2 aliphatic rings. The molecular formula is C35H32ClF9N8O3. The normalized spacial score (nSPS) is 18.9. The van der Waals surface area contributed by atoms with Gasteiger partial charge in [-0.15, -0.1) is 0 Å². The van der Waals surface area contributed by atoms with Crippen molar-refractivity contribution in [2.24, 2.45) is 21.6 Å². The van der Waals surface area contributed by atoms with Gasteiger partial charge in [-0.05, 0) is 48.1 Å². The number of rotatable bonds is 14. The number of nitrogens with zero attached hydrogens (tertiary/aromatic N) is 7. The molecule has 2 atom stereocenters. The fraction of sp³-hybridized carbons (Fsp3) is 0.429. The first-order valence-corrected chi connectivity index (χ1v) is 17.2. The van der Waals surface area contributed by atoms with E-state index >= 15 is 0 Å². The summed E-state index contributed by atoms with van der Waals surface area (Å²) in [6.45, 7) is -5.20. The molecule has 0 saturated heterocycles. The average Bonchev–Trinajstić information content (AvgIpc) is 3.42. The number of alkyl halides is 9. The van der Waals surface area contributed by atoms with Crippen LogP contribution in [0.25, 0.3) is 22.5 Å². The molecule has 0 spiro atoms. The maximum Gasteiger partial charge on any atom is 0.394 e. The van der Waals surface area contributed by atoms with E-state index in [-0.39, 0.29) is 44.8 Å². The maximum atomic E-state index is 14.9. The highest BCUT2D eigenvalue weighted by Gasteiger charge is 2.59. The number of carbonyl (C=O) groups excluding carboxylic acids is 2. The first kappa shape index (κ1) is 40.5. The molecule has 2 aromatic carbocycles. The predicted molar refractivity (Wildman–Crippen MR) is 181 cm³/mol. The van der Waals surface area contributed by atoms with E-state index in [0.717, 1.165) is 37.5 Å². The molecule has 1 amide bonds. The second-order valence-electron chi connectivity index (χ2n) is 14.2. The molecule has 2 N–H and O–H groups in total. The van der Waals surface area contributed by atoms with Gasteiger partial charge in [-0.25, -0.2) is 23.4 Å². The van der Waals surface area contributed by atoms with Gasteiger partial charge in [-0.2, -0.15) is 45.6 Å². The molecule has 4 aromatic rings. The van der Waals surface area contributed by atoms with E-state index in [9.17, 15) is 49.1 Å². The molecule has 0 bridgehead atoms. The number of nitrogens with two attached hydrogens (primary N) is 1. The van der Waals surface area contributed by atoms with Crippen LogP contribution in [0.3, 0.4) is 0 Å². The lowest BCUT2D eigenvalue weighted by atomic mass is 9.74. The molecule has 21 heteroatoms. The van der Waals surface area contributed by atoms with Crippen molar-refractivity contribution in [1.29, 1.82) is 0 Å². The number of ether oxygens (including phenoxy) is 1. The number of hydrogen-bond donors (Lipinski definition) is 1. The van der Waals surface area contributed by atoms with Crippen LogP contribution >= 0.6 is 11.6 Å². The van der Waals surface area contributed by atoms with Crippen molar-refractivity contribution >= 4 is 29.4 Å². The van der Waals surface area contributed by atoms with Gasteiger partial charge in [0.05, 0.1) is 29.1 Å². The van der Waals surface area contributed by atoms with E-state index in [2.05, 4.69) is 20.2 Å². The molecule has 0 unspecified atom stereocenters. The molecule has 1 aliphatic heterocycles. The van der Waals surface area contributed by atoms with Crippen LogP contribution in [-0.2, 0) is 19.9 Å². The van der Waals surface area contributed by atoms with Gasteiger partial charge in [0.25, 0.3) is 5.91 Å². The van der Waals surface area contributed by atoms with Crippen molar-refractivity contribution in [3.8, 4) is 22.5 Å². The third kappa shape index (κ3) is 7.54. The highest BCUT2D eigenvalue weighted by Crippen LogP contribution is 2.54. The topological polar surface area (TPSA) is 134 Å². The standard InChI is InChI=1S/C35H32ClF9N8O3/c1-32(2,35(43,44)45)16-34(21-6-3-18(4-7-21)20-13-48-51(14-20)29(39)40)28(55)52(31(46)50-34)24(15-56-25(54)12-33(9-10-33)27(37)38)19-5-8-23(36)22(11-19)26-47-17-49-53(26)30(41)42/h3-8,11,13-14,17,24,27,29-30H,9-10,12,15-16H2,1-2H3,(H2,46,50)/t24-,34-/m1/s1. The SMILES string of the molecule is CC(C)(C[C@]1(c2ccc(-c3cnn(C(F)F)c3)cc2)N=C(N)N([C@H](COC(=O)CC2(C(F)F)CC2)c2ccc(Cl)c(-c3ncnn3C(F)F)c2)C1=O)C(F)(F)F. The number of benzene rings is 2. The molecule has 6 rings (SSSR count). The number of halogens is 10. The van der Waals surface area contributed by atoms with E-state index in [1.807, 2.05) is 0 Å². The smallest absolute Gasteiger partial charge is 0.394 e. The highest BCUT2D eigenvalue weighted by molar-refractivity contribution is 6.33. The Balaban J connectivity index is 1.44. The van der Waals surface area contributed by atoms with Crippen LogP contribution < -0.4 is 5.73 Å². The van der Waals surface area contributed by atoms with Gasteiger partial charge in [0.1, 0.15) is 12.9 Å². The molecule has 56 heavy (non-hydrogen) atoms. The summed E-state index contributed by atoms with van der Waals surface area (Å²) in [5.74, 6) is -3.23. The molecule has 11 nitrogen and oxygen atoms in total. The summed E-state index contributed by atoms with van der Waals surface area (Å²) in [5.41, 5.74) is 0.134. The van der Waals surface area contributed by atoms with E-state index in [1.165, 1.54) is 42.5 Å². The Morgan fingerprint density at radius 2 is 1.66 bits per heavy atom. The Bertz CT molecular complexity index is 2130. The summed E-state index contributed by atoms with van der Waals surface area (Å²) < 4.78 is 131. The predicted octanol–water partition coefficient (Wildman–Crippen LogP) is 8.30. The summed E-state index contributed by atoms with van der Waals surface area (Å²) in [5, 5.41) is 6.97. The summed E-state index contributed by atoms with van der Waals surface area (Å²) in [4.78, 5) is 36.8. The zero-order chi connectivity index (χ0) is 41.0. The van der Waals surface area contributed by atoms with Crippen molar-refractivity contribution in [2.45, 2.75) is 76.8 Å². The monoisotopic (exact) mass is 818 g/mol. The van der Waals surface area contributed by atoms with Gasteiger partial charge in [-0.3, -0.25) is 14.5 Å². The molecule has 1 aliphatic carbocycles. The van der Waals surface area contributed by atoms with Crippen molar-refractivity contribution in [3.05, 3.63) is 77.3 Å². The molecule has 300 valence electrons. The van der Waals surface area contributed by atoms with Crippen LogP contribution in [0.2, 0.25) is 5.02 Å². The van der Waals surface area contributed by atoms with Gasteiger partial charge in [0.2, 0.25) is 6.43 Å². The Morgan fingerprint density at radius 1 is 0.982 bits per heavy atom. The van der Waals surface area contributed by atoms with Gasteiger partial charge in [-0.1, -0.05) is 55.8 Å². The fourth-order valence-electron chi connectivity index (χ4n) is 6.55.